The second kappa shape index (κ2) is 8.45. The summed E-state index contributed by atoms with van der Waals surface area (Å²) < 4.78 is 6.39. The second-order valence-electron chi connectivity index (χ2n) is 8.22. The number of amides is 1. The minimum absolute atomic E-state index is 0.0132. The number of carbonyl (C=O) groups excluding carboxylic acids is 1. The molecular weight excluding hydrogens is 326 g/mol. The van der Waals surface area contributed by atoms with Crippen LogP contribution in [0, 0.1) is 0 Å². The number of nitrogens with zero attached hydrogens (tertiary/aromatic N) is 1. The van der Waals surface area contributed by atoms with Crippen LogP contribution in [0.3, 0.4) is 0 Å². The summed E-state index contributed by atoms with van der Waals surface area (Å²) in [6.07, 6.45) is 2.13. The first-order chi connectivity index (χ1) is 11.0. The number of carboxylic acid groups (broad SMARTS) is 1. The highest BCUT2D eigenvalue weighted by atomic mass is 28.4. The number of carbonyl (C=O) groups is 2. The van der Waals surface area contributed by atoms with Gasteiger partial charge in [0.15, 0.2) is 8.32 Å². The van der Waals surface area contributed by atoms with E-state index in [2.05, 4.69) is 33.9 Å². The molecule has 24 heavy (non-hydrogen) atoms. The van der Waals surface area contributed by atoms with Crippen molar-refractivity contribution in [3.8, 4) is 0 Å². The maximum absolute atomic E-state index is 12.4. The molecule has 6 nitrogen and oxygen atoms in total. The van der Waals surface area contributed by atoms with E-state index in [1.165, 1.54) is 0 Å². The Balaban J connectivity index is 2.57. The lowest BCUT2D eigenvalue weighted by Crippen LogP contribution is -2.44. The second-order valence-corrected chi connectivity index (χ2v) is 13.0. The summed E-state index contributed by atoms with van der Waals surface area (Å²) in [4.78, 5) is 24.6. The molecule has 0 aromatic rings. The maximum Gasteiger partial charge on any atom is 0.303 e. The van der Waals surface area contributed by atoms with Crippen molar-refractivity contribution in [1.29, 1.82) is 0 Å². The van der Waals surface area contributed by atoms with Crippen molar-refractivity contribution < 1.29 is 24.2 Å². The molecule has 0 aliphatic carbocycles. The maximum atomic E-state index is 12.4. The molecule has 1 saturated heterocycles. The van der Waals surface area contributed by atoms with Crippen LogP contribution in [0.1, 0.15) is 52.9 Å². The molecule has 1 heterocycles. The van der Waals surface area contributed by atoms with Crippen LogP contribution in [0.15, 0.2) is 0 Å². The summed E-state index contributed by atoms with van der Waals surface area (Å²) in [5, 5.41) is 18.3. The van der Waals surface area contributed by atoms with Crippen LogP contribution in [-0.4, -0.2) is 60.6 Å². The van der Waals surface area contributed by atoms with Crippen LogP contribution < -0.4 is 0 Å². The van der Waals surface area contributed by atoms with Gasteiger partial charge in [0.05, 0.1) is 18.8 Å². The van der Waals surface area contributed by atoms with Crippen molar-refractivity contribution in [2.24, 2.45) is 0 Å². The molecule has 1 amide bonds. The third-order valence-corrected chi connectivity index (χ3v) is 9.74. The van der Waals surface area contributed by atoms with Gasteiger partial charge in [-0.2, -0.15) is 0 Å². The molecule has 0 aromatic carbocycles. The third kappa shape index (κ3) is 5.86. The van der Waals surface area contributed by atoms with E-state index < -0.39 is 14.3 Å². The van der Waals surface area contributed by atoms with Crippen molar-refractivity contribution >= 4 is 20.2 Å². The molecular formula is C17H33NO5Si. The molecule has 1 aliphatic heterocycles. The van der Waals surface area contributed by atoms with E-state index in [9.17, 15) is 14.7 Å². The highest BCUT2D eigenvalue weighted by Gasteiger charge is 2.43. The topological polar surface area (TPSA) is 87.1 Å². The van der Waals surface area contributed by atoms with Gasteiger partial charge in [-0.1, -0.05) is 20.8 Å². The van der Waals surface area contributed by atoms with E-state index in [1.54, 1.807) is 4.90 Å². The summed E-state index contributed by atoms with van der Waals surface area (Å²) in [5.74, 6) is -0.847. The van der Waals surface area contributed by atoms with Gasteiger partial charge in [0, 0.05) is 19.4 Å². The first-order valence-corrected chi connectivity index (χ1v) is 11.7. The van der Waals surface area contributed by atoms with E-state index in [4.69, 9.17) is 9.53 Å². The fraction of sp³-hybridized carbons (Fsp3) is 0.882. The van der Waals surface area contributed by atoms with Gasteiger partial charge in [-0.15, -0.1) is 0 Å². The van der Waals surface area contributed by atoms with Gasteiger partial charge in [0.25, 0.3) is 0 Å². The Bertz CT molecular complexity index is 447. The van der Waals surface area contributed by atoms with Gasteiger partial charge in [-0.25, -0.2) is 0 Å². The minimum atomic E-state index is -1.91. The first kappa shape index (κ1) is 21.1. The van der Waals surface area contributed by atoms with Gasteiger partial charge < -0.3 is 19.5 Å². The summed E-state index contributed by atoms with van der Waals surface area (Å²) >= 11 is 0. The van der Waals surface area contributed by atoms with Crippen molar-refractivity contribution in [2.75, 3.05) is 13.2 Å². The quantitative estimate of drug-likeness (QED) is 0.514. The van der Waals surface area contributed by atoms with Crippen LogP contribution in [0.25, 0.3) is 0 Å². The van der Waals surface area contributed by atoms with Crippen LogP contribution in [-0.2, 0) is 14.0 Å². The Morgan fingerprint density at radius 3 is 2.29 bits per heavy atom. The number of aliphatic hydroxyl groups is 1. The highest BCUT2D eigenvalue weighted by molar-refractivity contribution is 6.74. The SMILES string of the molecule is CC(C)(C)[Si](C)(C)O[C@@H]1C[C@@H](CO)N(C(=O)CCCCC(=O)O)C1. The van der Waals surface area contributed by atoms with Gasteiger partial charge in [0.1, 0.15) is 0 Å². The molecule has 0 bridgehead atoms. The number of carboxylic acids is 1. The lowest BCUT2D eigenvalue weighted by molar-refractivity contribution is -0.137. The molecule has 0 unspecified atom stereocenters. The zero-order valence-electron chi connectivity index (χ0n) is 15.7. The molecule has 1 fully saturated rings. The Kier molecular flexibility index (Phi) is 7.43. The summed E-state index contributed by atoms with van der Waals surface area (Å²) in [6.45, 7) is 11.4. The standard InChI is InChI=1S/C17H33NO5Si/c1-17(2,3)24(4,5)23-14-10-13(12-19)18(11-14)15(20)8-6-7-9-16(21)22/h13-14,19H,6-12H2,1-5H3,(H,21,22)/t13-,14+/m0/s1. The molecule has 0 aromatic heterocycles. The normalized spacial score (nSPS) is 22.0. The first-order valence-electron chi connectivity index (χ1n) is 8.78. The van der Waals surface area contributed by atoms with E-state index in [0.717, 1.165) is 0 Å². The smallest absolute Gasteiger partial charge is 0.303 e. The zero-order valence-corrected chi connectivity index (χ0v) is 16.7. The van der Waals surface area contributed by atoms with Gasteiger partial charge in [-0.05, 0) is 37.4 Å². The molecule has 2 N–H and O–H groups in total. The summed E-state index contributed by atoms with van der Waals surface area (Å²) in [5.41, 5.74) is 0. The number of likely N-dealkylation sites (tertiary alicyclic amines) is 1. The van der Waals surface area contributed by atoms with Gasteiger partial charge in [-0.3, -0.25) is 9.59 Å². The van der Waals surface area contributed by atoms with Crippen LogP contribution >= 0.6 is 0 Å². The summed E-state index contributed by atoms with van der Waals surface area (Å²) in [6, 6.07) is -0.188. The fourth-order valence-electron chi connectivity index (χ4n) is 2.73. The van der Waals surface area contributed by atoms with Crippen LogP contribution in [0.4, 0.5) is 0 Å². The highest BCUT2D eigenvalue weighted by Crippen LogP contribution is 2.38. The van der Waals surface area contributed by atoms with E-state index in [-0.39, 0.29) is 36.1 Å². The van der Waals surface area contributed by atoms with Crippen molar-refractivity contribution in [3.05, 3.63) is 0 Å². The largest absolute Gasteiger partial charge is 0.481 e. The average Bonchev–Trinajstić information content (AvgIpc) is 2.84. The molecule has 1 rings (SSSR count). The number of hydrogen-bond acceptors (Lipinski definition) is 4. The van der Waals surface area contributed by atoms with E-state index in [0.29, 0.717) is 32.2 Å². The molecule has 7 heteroatoms. The molecule has 0 saturated carbocycles. The molecule has 1 aliphatic rings. The van der Waals surface area contributed by atoms with E-state index >= 15 is 0 Å². The predicted octanol–water partition coefficient (Wildman–Crippen LogP) is 2.62. The molecule has 0 spiro atoms. The minimum Gasteiger partial charge on any atom is -0.481 e. The fourth-order valence-corrected chi connectivity index (χ4v) is 4.08. The van der Waals surface area contributed by atoms with Crippen molar-refractivity contribution in [2.45, 2.75) is 83.2 Å². The van der Waals surface area contributed by atoms with Crippen molar-refractivity contribution in [3.63, 3.8) is 0 Å². The third-order valence-electron chi connectivity index (χ3n) is 5.21. The predicted molar refractivity (Wildman–Crippen MR) is 95.4 cm³/mol. The van der Waals surface area contributed by atoms with Crippen molar-refractivity contribution in [1.82, 2.24) is 4.90 Å². The van der Waals surface area contributed by atoms with E-state index in [1.807, 2.05) is 0 Å². The molecule has 2 atom stereocenters. The monoisotopic (exact) mass is 359 g/mol. The lowest BCUT2D eigenvalue weighted by atomic mass is 10.1. The number of aliphatic carboxylic acids is 1. The number of unbranched alkanes of at least 4 members (excludes halogenated alkanes) is 1. The Labute approximate surface area is 146 Å². The van der Waals surface area contributed by atoms with Crippen LogP contribution in [0.5, 0.6) is 0 Å². The average molecular weight is 360 g/mol. The van der Waals surface area contributed by atoms with Gasteiger partial charge >= 0.3 is 5.97 Å². The Hall–Kier alpha value is -0.923. The molecule has 140 valence electrons. The van der Waals surface area contributed by atoms with Gasteiger partial charge in [0.2, 0.25) is 5.91 Å². The number of rotatable bonds is 8. The summed E-state index contributed by atoms with van der Waals surface area (Å²) in [7, 11) is -1.91. The lowest BCUT2D eigenvalue weighted by Gasteiger charge is -2.38. The number of aliphatic hydroxyl groups excluding tert-OH is 1. The Morgan fingerprint density at radius 2 is 1.79 bits per heavy atom. The Morgan fingerprint density at radius 1 is 1.21 bits per heavy atom. The zero-order chi connectivity index (χ0) is 18.5. The molecule has 0 radical (unpaired) electrons. The number of hydrogen-bond donors (Lipinski definition) is 2. The van der Waals surface area contributed by atoms with Crippen LogP contribution in [0.2, 0.25) is 18.1 Å².